The van der Waals surface area contributed by atoms with Gasteiger partial charge in [0.1, 0.15) is 0 Å². The lowest BCUT2D eigenvalue weighted by Crippen LogP contribution is -2.61. The van der Waals surface area contributed by atoms with Crippen LogP contribution in [0.4, 0.5) is 0 Å². The largest absolute Gasteiger partial charge is 0.378 e. The molecule has 0 bridgehead atoms. The fourth-order valence-corrected chi connectivity index (χ4v) is 3.40. The highest BCUT2D eigenvalue weighted by Crippen LogP contribution is 2.47. The smallest absolute Gasteiger partial charge is 0.0660 e. The Morgan fingerprint density at radius 1 is 1.25 bits per heavy atom. The highest BCUT2D eigenvalue weighted by molar-refractivity contribution is 5.05. The van der Waals surface area contributed by atoms with Crippen molar-refractivity contribution < 1.29 is 4.74 Å². The Morgan fingerprint density at radius 3 is 2.38 bits per heavy atom. The second kappa shape index (κ2) is 5.05. The van der Waals surface area contributed by atoms with Gasteiger partial charge >= 0.3 is 0 Å². The van der Waals surface area contributed by atoms with E-state index in [1.165, 1.54) is 38.5 Å². The summed E-state index contributed by atoms with van der Waals surface area (Å²) in [6.45, 7) is 5.47. The molecule has 0 aromatic rings. The Kier molecular flexibility index (Phi) is 3.91. The lowest BCUT2D eigenvalue weighted by atomic mass is 9.59. The first-order chi connectivity index (χ1) is 7.73. The zero-order chi connectivity index (χ0) is 11.6. The second-order valence-corrected chi connectivity index (χ2v) is 5.73. The lowest BCUT2D eigenvalue weighted by molar-refractivity contribution is -0.134. The molecule has 0 amide bonds. The molecule has 2 unspecified atom stereocenters. The second-order valence-electron chi connectivity index (χ2n) is 5.73. The normalized spacial score (nSPS) is 33.2. The van der Waals surface area contributed by atoms with Crippen LogP contribution in [0, 0.1) is 11.3 Å². The maximum Gasteiger partial charge on any atom is 0.0660 e. The minimum atomic E-state index is 0.291. The van der Waals surface area contributed by atoms with Gasteiger partial charge in [-0.1, -0.05) is 33.1 Å². The van der Waals surface area contributed by atoms with Crippen molar-refractivity contribution in [1.82, 2.24) is 0 Å². The van der Waals surface area contributed by atoms with E-state index in [2.05, 4.69) is 13.8 Å². The van der Waals surface area contributed by atoms with Crippen molar-refractivity contribution in [2.24, 2.45) is 17.1 Å². The topological polar surface area (TPSA) is 35.2 Å². The Balaban J connectivity index is 1.72. The summed E-state index contributed by atoms with van der Waals surface area (Å²) in [6.07, 6.45) is 9.42. The molecule has 2 fully saturated rings. The predicted molar refractivity (Wildman–Crippen MR) is 67.3 cm³/mol. The van der Waals surface area contributed by atoms with Crippen molar-refractivity contribution in [2.75, 3.05) is 6.61 Å². The molecule has 16 heavy (non-hydrogen) atoms. The quantitative estimate of drug-likeness (QED) is 0.754. The van der Waals surface area contributed by atoms with Gasteiger partial charge in [-0.15, -0.1) is 0 Å². The molecular weight excluding hydrogens is 198 g/mol. The molecule has 2 heteroatoms. The number of rotatable bonds is 6. The summed E-state index contributed by atoms with van der Waals surface area (Å²) >= 11 is 0. The van der Waals surface area contributed by atoms with Crippen LogP contribution in [0.5, 0.6) is 0 Å². The summed E-state index contributed by atoms with van der Waals surface area (Å²) in [7, 11) is 0. The van der Waals surface area contributed by atoms with E-state index in [0.29, 0.717) is 17.6 Å². The molecule has 94 valence electrons. The highest BCUT2D eigenvalue weighted by atomic mass is 16.5. The fraction of sp³-hybridized carbons (Fsp3) is 1.00. The van der Waals surface area contributed by atoms with Crippen molar-refractivity contribution in [3.63, 3.8) is 0 Å². The van der Waals surface area contributed by atoms with Gasteiger partial charge in [0, 0.05) is 18.1 Å². The van der Waals surface area contributed by atoms with Gasteiger partial charge in [-0.05, 0) is 31.6 Å². The number of nitrogens with two attached hydrogens (primary N) is 1. The molecule has 2 atom stereocenters. The van der Waals surface area contributed by atoms with Crippen molar-refractivity contribution in [2.45, 2.75) is 70.9 Å². The summed E-state index contributed by atoms with van der Waals surface area (Å²) in [4.78, 5) is 0. The van der Waals surface area contributed by atoms with E-state index in [4.69, 9.17) is 10.5 Å². The van der Waals surface area contributed by atoms with Crippen LogP contribution in [-0.4, -0.2) is 18.8 Å². The molecule has 2 nitrogen and oxygen atoms in total. The SMILES string of the molecule is CCC1(CC)C(N)CC1OCCC1CCC1. The van der Waals surface area contributed by atoms with Crippen LogP contribution >= 0.6 is 0 Å². The molecule has 0 radical (unpaired) electrons. The Hall–Kier alpha value is -0.0800. The average molecular weight is 225 g/mol. The third-order valence-corrected chi connectivity index (χ3v) is 5.23. The summed E-state index contributed by atoms with van der Waals surface area (Å²) in [5, 5.41) is 0. The Labute approximate surface area is 99.9 Å². The standard InChI is InChI=1S/C14H27NO/c1-3-14(4-2)12(15)10-13(14)16-9-8-11-6-5-7-11/h11-13H,3-10,15H2,1-2H3. The fourth-order valence-electron chi connectivity index (χ4n) is 3.40. The summed E-state index contributed by atoms with van der Waals surface area (Å²) in [5.41, 5.74) is 6.45. The van der Waals surface area contributed by atoms with Gasteiger partial charge in [0.25, 0.3) is 0 Å². The molecule has 0 heterocycles. The summed E-state index contributed by atoms with van der Waals surface area (Å²) < 4.78 is 6.07. The van der Waals surface area contributed by atoms with Gasteiger partial charge < -0.3 is 10.5 Å². The van der Waals surface area contributed by atoms with E-state index in [0.717, 1.165) is 18.9 Å². The molecule has 2 aliphatic rings. The number of hydrogen-bond acceptors (Lipinski definition) is 2. The van der Waals surface area contributed by atoms with Crippen molar-refractivity contribution in [3.8, 4) is 0 Å². The molecule has 2 aliphatic carbocycles. The van der Waals surface area contributed by atoms with Gasteiger partial charge in [-0.3, -0.25) is 0 Å². The van der Waals surface area contributed by atoms with Crippen LogP contribution in [0.15, 0.2) is 0 Å². The van der Waals surface area contributed by atoms with Gasteiger partial charge in [0.15, 0.2) is 0 Å². The first kappa shape index (κ1) is 12.4. The minimum Gasteiger partial charge on any atom is -0.378 e. The first-order valence-corrected chi connectivity index (χ1v) is 7.10. The maximum atomic E-state index is 6.16. The minimum absolute atomic E-state index is 0.291. The monoisotopic (exact) mass is 225 g/mol. The Morgan fingerprint density at radius 2 is 1.94 bits per heavy atom. The molecule has 0 saturated heterocycles. The van der Waals surface area contributed by atoms with E-state index in [-0.39, 0.29) is 0 Å². The van der Waals surface area contributed by atoms with Crippen LogP contribution in [0.3, 0.4) is 0 Å². The Bertz CT molecular complexity index is 221. The zero-order valence-corrected chi connectivity index (χ0v) is 10.9. The van der Waals surface area contributed by atoms with Crippen LogP contribution in [0.25, 0.3) is 0 Å². The van der Waals surface area contributed by atoms with Crippen molar-refractivity contribution in [3.05, 3.63) is 0 Å². The summed E-state index contributed by atoms with van der Waals surface area (Å²) in [6, 6.07) is 0.371. The zero-order valence-electron chi connectivity index (χ0n) is 10.9. The molecule has 2 N–H and O–H groups in total. The van der Waals surface area contributed by atoms with Gasteiger partial charge in [0.2, 0.25) is 0 Å². The van der Waals surface area contributed by atoms with Gasteiger partial charge in [-0.25, -0.2) is 0 Å². The molecule has 0 aliphatic heterocycles. The maximum absolute atomic E-state index is 6.16. The molecule has 0 spiro atoms. The third kappa shape index (κ3) is 2.02. The van der Waals surface area contributed by atoms with Crippen LogP contribution in [-0.2, 0) is 4.74 Å². The molecular formula is C14H27NO. The van der Waals surface area contributed by atoms with E-state index in [9.17, 15) is 0 Å². The first-order valence-electron chi connectivity index (χ1n) is 7.10. The predicted octanol–water partition coefficient (Wildman–Crippen LogP) is 3.10. The van der Waals surface area contributed by atoms with Gasteiger partial charge in [0.05, 0.1) is 6.10 Å². The average Bonchev–Trinajstić information content (AvgIpc) is 2.22. The molecule has 2 saturated carbocycles. The number of ether oxygens (including phenoxy) is 1. The highest BCUT2D eigenvalue weighted by Gasteiger charge is 2.51. The number of hydrogen-bond donors (Lipinski definition) is 1. The molecule has 2 rings (SSSR count). The van der Waals surface area contributed by atoms with E-state index >= 15 is 0 Å². The van der Waals surface area contributed by atoms with Crippen LogP contribution < -0.4 is 5.73 Å². The third-order valence-electron chi connectivity index (χ3n) is 5.23. The van der Waals surface area contributed by atoms with E-state index < -0.39 is 0 Å². The van der Waals surface area contributed by atoms with Crippen LogP contribution in [0.2, 0.25) is 0 Å². The molecule has 0 aromatic carbocycles. The van der Waals surface area contributed by atoms with Crippen molar-refractivity contribution >= 4 is 0 Å². The van der Waals surface area contributed by atoms with E-state index in [1.807, 2.05) is 0 Å². The summed E-state index contributed by atoms with van der Waals surface area (Å²) in [5.74, 6) is 0.964. The van der Waals surface area contributed by atoms with Crippen molar-refractivity contribution in [1.29, 1.82) is 0 Å². The van der Waals surface area contributed by atoms with Gasteiger partial charge in [-0.2, -0.15) is 0 Å². The van der Waals surface area contributed by atoms with Crippen LogP contribution in [0.1, 0.15) is 58.8 Å². The van der Waals surface area contributed by atoms with E-state index in [1.54, 1.807) is 0 Å². The lowest BCUT2D eigenvalue weighted by Gasteiger charge is -2.54. The molecule has 0 aromatic heterocycles.